The summed E-state index contributed by atoms with van der Waals surface area (Å²) in [4.78, 5) is 12.2. The number of carbonyl (C=O) groups is 1. The maximum Gasteiger partial charge on any atom is 0.251 e. The van der Waals surface area contributed by atoms with Gasteiger partial charge in [0.2, 0.25) is 10.0 Å². The molecule has 0 unspecified atom stereocenters. The van der Waals surface area contributed by atoms with Gasteiger partial charge < -0.3 is 10.1 Å². The van der Waals surface area contributed by atoms with Crippen molar-refractivity contribution in [3.05, 3.63) is 65.5 Å². The Balaban J connectivity index is 1.88. The van der Waals surface area contributed by atoms with Crippen LogP contribution in [0.3, 0.4) is 0 Å². The molecule has 0 aliphatic rings. The van der Waals surface area contributed by atoms with E-state index in [1.807, 2.05) is 0 Å². The van der Waals surface area contributed by atoms with Crippen LogP contribution in [0.2, 0.25) is 0 Å². The van der Waals surface area contributed by atoms with Crippen molar-refractivity contribution in [1.82, 2.24) is 10.0 Å². The molecule has 0 aromatic heterocycles. The summed E-state index contributed by atoms with van der Waals surface area (Å²) < 4.78 is 45.2. The Morgan fingerprint density at radius 2 is 1.78 bits per heavy atom. The van der Waals surface area contributed by atoms with Crippen molar-refractivity contribution in [2.75, 3.05) is 26.8 Å². The molecule has 6 nitrogen and oxygen atoms in total. The summed E-state index contributed by atoms with van der Waals surface area (Å²) in [6.45, 7) is 1.02. The molecule has 0 aliphatic carbocycles. The average Bonchev–Trinajstić information content (AvgIpc) is 2.67. The Labute approximate surface area is 158 Å². The predicted octanol–water partition coefficient (Wildman–Crippen LogP) is 2.11. The first-order chi connectivity index (χ1) is 12.9. The Morgan fingerprint density at radius 1 is 1.07 bits per heavy atom. The topological polar surface area (TPSA) is 84.5 Å². The van der Waals surface area contributed by atoms with E-state index < -0.39 is 10.0 Å². The summed E-state index contributed by atoms with van der Waals surface area (Å²) in [5, 5.41) is 2.70. The van der Waals surface area contributed by atoms with Crippen LogP contribution in [0.25, 0.3) is 0 Å². The minimum Gasteiger partial charge on any atom is -0.385 e. The summed E-state index contributed by atoms with van der Waals surface area (Å²) in [7, 11) is -2.07. The summed E-state index contributed by atoms with van der Waals surface area (Å²) in [6, 6.07) is 12.0. The number of halogens is 1. The third-order valence-electron chi connectivity index (χ3n) is 3.88. The number of carbonyl (C=O) groups excluding carboxylic acids is 1. The highest BCUT2D eigenvalue weighted by Crippen LogP contribution is 2.11. The van der Waals surface area contributed by atoms with Crippen LogP contribution in [0.1, 0.15) is 22.3 Å². The lowest BCUT2D eigenvalue weighted by Gasteiger charge is -2.08. The van der Waals surface area contributed by atoms with Crippen LogP contribution >= 0.6 is 0 Å². The van der Waals surface area contributed by atoms with Crippen LogP contribution in [-0.2, 0) is 21.2 Å². The van der Waals surface area contributed by atoms with Gasteiger partial charge in [-0.1, -0.05) is 18.2 Å². The van der Waals surface area contributed by atoms with Crippen LogP contribution in [0, 0.1) is 5.82 Å². The van der Waals surface area contributed by atoms with Gasteiger partial charge in [-0.05, 0) is 48.7 Å². The molecule has 0 aliphatic heterocycles. The zero-order chi connectivity index (χ0) is 19.7. The number of hydrogen-bond acceptors (Lipinski definition) is 4. The third kappa shape index (κ3) is 6.42. The van der Waals surface area contributed by atoms with E-state index in [-0.39, 0.29) is 29.7 Å². The van der Waals surface area contributed by atoms with E-state index in [4.69, 9.17) is 4.74 Å². The van der Waals surface area contributed by atoms with E-state index in [0.29, 0.717) is 30.6 Å². The van der Waals surface area contributed by atoms with Gasteiger partial charge in [-0.25, -0.2) is 17.5 Å². The Kier molecular flexibility index (Phi) is 7.90. The van der Waals surface area contributed by atoms with Crippen LogP contribution in [0.15, 0.2) is 53.4 Å². The van der Waals surface area contributed by atoms with Crippen LogP contribution in [0.4, 0.5) is 4.39 Å². The molecule has 0 saturated heterocycles. The van der Waals surface area contributed by atoms with Crippen molar-refractivity contribution in [2.24, 2.45) is 0 Å². The predicted molar refractivity (Wildman–Crippen MR) is 101 cm³/mol. The lowest BCUT2D eigenvalue weighted by molar-refractivity contribution is 0.0954. The van der Waals surface area contributed by atoms with Gasteiger partial charge in [0, 0.05) is 32.4 Å². The Morgan fingerprint density at radius 3 is 2.44 bits per heavy atom. The van der Waals surface area contributed by atoms with Crippen molar-refractivity contribution in [3.8, 4) is 0 Å². The quantitative estimate of drug-likeness (QED) is 0.605. The highest BCUT2D eigenvalue weighted by Gasteiger charge is 2.14. The van der Waals surface area contributed by atoms with E-state index in [9.17, 15) is 17.6 Å². The average molecular weight is 394 g/mol. The van der Waals surface area contributed by atoms with E-state index in [2.05, 4.69) is 10.0 Å². The highest BCUT2D eigenvalue weighted by atomic mass is 32.2. The number of benzene rings is 2. The monoisotopic (exact) mass is 394 g/mol. The Hall–Kier alpha value is -2.29. The van der Waals surface area contributed by atoms with Gasteiger partial charge in [0.25, 0.3) is 5.91 Å². The first-order valence-electron chi connectivity index (χ1n) is 8.54. The first-order valence-corrected chi connectivity index (χ1v) is 10.0. The molecule has 0 bridgehead atoms. The SMILES string of the molecule is COCCCNS(=O)(=O)c1ccc(C(=O)NCCc2ccccc2F)cc1. The fourth-order valence-corrected chi connectivity index (χ4v) is 3.48. The second-order valence-corrected chi connectivity index (χ2v) is 7.63. The zero-order valence-electron chi connectivity index (χ0n) is 15.1. The van der Waals surface area contributed by atoms with Crippen LogP contribution < -0.4 is 10.0 Å². The lowest BCUT2D eigenvalue weighted by Crippen LogP contribution is -2.27. The third-order valence-corrected chi connectivity index (χ3v) is 5.36. The number of hydrogen-bond donors (Lipinski definition) is 2. The molecule has 146 valence electrons. The lowest BCUT2D eigenvalue weighted by atomic mass is 10.1. The first kappa shape index (κ1) is 21.0. The molecule has 0 heterocycles. The zero-order valence-corrected chi connectivity index (χ0v) is 15.9. The van der Waals surface area contributed by atoms with Gasteiger partial charge in [0.15, 0.2) is 0 Å². The summed E-state index contributed by atoms with van der Waals surface area (Å²) in [5.41, 5.74) is 0.862. The molecule has 0 spiro atoms. The van der Waals surface area contributed by atoms with Crippen molar-refractivity contribution >= 4 is 15.9 Å². The summed E-state index contributed by atoms with van der Waals surface area (Å²) in [6.07, 6.45) is 0.939. The van der Waals surface area contributed by atoms with Crippen LogP contribution in [0.5, 0.6) is 0 Å². The highest BCUT2D eigenvalue weighted by molar-refractivity contribution is 7.89. The van der Waals surface area contributed by atoms with E-state index in [0.717, 1.165) is 0 Å². The number of methoxy groups -OCH3 is 1. The molecule has 2 aromatic carbocycles. The summed E-state index contributed by atoms with van der Waals surface area (Å²) in [5.74, 6) is -0.650. The minimum atomic E-state index is -3.62. The number of sulfonamides is 1. The molecule has 2 aromatic rings. The fraction of sp³-hybridized carbons (Fsp3) is 0.316. The molecule has 8 heteroatoms. The molecule has 1 amide bonds. The molecular formula is C19H23FN2O4S. The molecule has 0 fully saturated rings. The van der Waals surface area contributed by atoms with Crippen molar-refractivity contribution in [1.29, 1.82) is 0 Å². The second kappa shape index (κ2) is 10.1. The van der Waals surface area contributed by atoms with E-state index in [1.165, 1.54) is 30.3 Å². The molecule has 0 atom stereocenters. The summed E-state index contributed by atoms with van der Waals surface area (Å²) >= 11 is 0. The normalized spacial score (nSPS) is 11.3. The molecule has 2 N–H and O–H groups in total. The molecular weight excluding hydrogens is 371 g/mol. The van der Waals surface area contributed by atoms with Crippen molar-refractivity contribution in [3.63, 3.8) is 0 Å². The second-order valence-electron chi connectivity index (χ2n) is 5.87. The van der Waals surface area contributed by atoms with E-state index in [1.54, 1.807) is 25.3 Å². The van der Waals surface area contributed by atoms with E-state index >= 15 is 0 Å². The van der Waals surface area contributed by atoms with Gasteiger partial charge >= 0.3 is 0 Å². The number of rotatable bonds is 10. The maximum absolute atomic E-state index is 13.5. The van der Waals surface area contributed by atoms with Gasteiger partial charge in [-0.2, -0.15) is 0 Å². The standard InChI is InChI=1S/C19H23FN2O4S/c1-26-14-4-12-22-27(24,25)17-9-7-16(8-10-17)19(23)21-13-11-15-5-2-3-6-18(15)20/h2-3,5-10,22H,4,11-14H2,1H3,(H,21,23). The van der Waals surface area contributed by atoms with Gasteiger partial charge in [0.05, 0.1) is 4.90 Å². The number of amides is 1. The molecule has 27 heavy (non-hydrogen) atoms. The molecule has 2 rings (SSSR count). The smallest absolute Gasteiger partial charge is 0.251 e. The largest absolute Gasteiger partial charge is 0.385 e. The van der Waals surface area contributed by atoms with Gasteiger partial charge in [-0.3, -0.25) is 4.79 Å². The fourth-order valence-electron chi connectivity index (χ4n) is 2.41. The van der Waals surface area contributed by atoms with Crippen LogP contribution in [-0.4, -0.2) is 41.1 Å². The van der Waals surface area contributed by atoms with Gasteiger partial charge in [0.1, 0.15) is 5.82 Å². The minimum absolute atomic E-state index is 0.0859. The molecule has 0 radical (unpaired) electrons. The molecule has 0 saturated carbocycles. The van der Waals surface area contributed by atoms with Crippen molar-refractivity contribution in [2.45, 2.75) is 17.7 Å². The maximum atomic E-state index is 13.5. The number of ether oxygens (including phenoxy) is 1. The Bertz CT molecular complexity index is 854. The van der Waals surface area contributed by atoms with Crippen molar-refractivity contribution < 1.29 is 22.3 Å². The van der Waals surface area contributed by atoms with Gasteiger partial charge in [-0.15, -0.1) is 0 Å². The number of nitrogens with one attached hydrogen (secondary N) is 2.